The van der Waals surface area contributed by atoms with Crippen molar-refractivity contribution >= 4 is 7.82 Å². The predicted octanol–water partition coefficient (Wildman–Crippen LogP) is 3.37. The Labute approximate surface area is 166 Å². The van der Waals surface area contributed by atoms with Crippen LogP contribution in [0.1, 0.15) is 58.3 Å². The largest absolute Gasteiger partial charge is 0.756 e. The summed E-state index contributed by atoms with van der Waals surface area (Å²) < 4.78 is 32.5. The Bertz CT molecular complexity index is 376. The summed E-state index contributed by atoms with van der Waals surface area (Å²) >= 11 is 0. The summed E-state index contributed by atoms with van der Waals surface area (Å²) in [5.74, 6) is 0. The molecular weight excluding hydrogens is 369 g/mol. The maximum atomic E-state index is 11.5. The van der Waals surface area contributed by atoms with Gasteiger partial charge in [-0.25, -0.2) is 0 Å². The lowest BCUT2D eigenvalue weighted by atomic mass is 10.1. The average molecular weight is 412 g/mol. The quantitative estimate of drug-likeness (QED) is 0.174. The zero-order chi connectivity index (χ0) is 20.4. The van der Waals surface area contributed by atoms with E-state index >= 15 is 0 Å². The van der Waals surface area contributed by atoms with Crippen LogP contribution >= 0.6 is 7.82 Å². The van der Waals surface area contributed by atoms with Gasteiger partial charge in [0.2, 0.25) is 0 Å². The summed E-state index contributed by atoms with van der Waals surface area (Å²) in [4.78, 5) is 11.5. The highest BCUT2D eigenvalue weighted by Crippen LogP contribution is 2.37. The van der Waals surface area contributed by atoms with Crippen LogP contribution in [0.4, 0.5) is 0 Å². The molecule has 8 heteroatoms. The van der Waals surface area contributed by atoms with Crippen molar-refractivity contribution in [2.24, 2.45) is 0 Å². The van der Waals surface area contributed by atoms with Crippen LogP contribution in [0.2, 0.25) is 0 Å². The molecule has 0 aromatic carbocycles. The second-order valence-corrected chi connectivity index (χ2v) is 9.24. The highest BCUT2D eigenvalue weighted by molar-refractivity contribution is 7.45. The van der Waals surface area contributed by atoms with Gasteiger partial charge in [-0.05, 0) is 6.42 Å². The molecule has 0 aliphatic rings. The van der Waals surface area contributed by atoms with Crippen LogP contribution in [0, 0.1) is 0 Å². The van der Waals surface area contributed by atoms with Gasteiger partial charge < -0.3 is 27.9 Å². The first-order valence-electron chi connectivity index (χ1n) is 10.3. The highest BCUT2D eigenvalue weighted by atomic mass is 31.2. The standard InChI is InChI=1S/C19H42NO6P/c1-5-6-7-8-9-10-11-12-14-23-16-17-24-18-19-26-27(21,22)25-15-13-20(2,3)4/h5-19H2,1-4H3. The van der Waals surface area contributed by atoms with Gasteiger partial charge in [-0.15, -0.1) is 0 Å². The highest BCUT2D eigenvalue weighted by Gasteiger charge is 2.13. The molecule has 0 aromatic rings. The molecule has 0 aromatic heterocycles. The third-order valence-electron chi connectivity index (χ3n) is 4.00. The number of ether oxygens (including phenoxy) is 2. The van der Waals surface area contributed by atoms with Crippen molar-refractivity contribution in [1.82, 2.24) is 0 Å². The average Bonchev–Trinajstić information content (AvgIpc) is 2.57. The minimum Gasteiger partial charge on any atom is -0.756 e. The molecule has 0 saturated heterocycles. The molecule has 0 fully saturated rings. The molecule has 7 nitrogen and oxygen atoms in total. The summed E-state index contributed by atoms with van der Waals surface area (Å²) in [6.07, 6.45) is 10.3. The monoisotopic (exact) mass is 411 g/mol. The molecular formula is C19H42NO6P. The Kier molecular flexibility index (Phi) is 16.9. The Morgan fingerprint density at radius 3 is 1.78 bits per heavy atom. The van der Waals surface area contributed by atoms with E-state index in [-0.39, 0.29) is 19.8 Å². The lowest BCUT2D eigenvalue weighted by molar-refractivity contribution is -0.870. The van der Waals surface area contributed by atoms with Gasteiger partial charge in [-0.3, -0.25) is 4.57 Å². The molecule has 0 N–H and O–H groups in total. The van der Waals surface area contributed by atoms with Crippen LogP contribution in [0.3, 0.4) is 0 Å². The van der Waals surface area contributed by atoms with Crippen molar-refractivity contribution in [2.75, 3.05) is 67.3 Å². The Morgan fingerprint density at radius 2 is 1.19 bits per heavy atom. The topological polar surface area (TPSA) is 77.1 Å². The van der Waals surface area contributed by atoms with Crippen LogP contribution in [-0.2, 0) is 23.1 Å². The number of unbranched alkanes of at least 4 members (excludes halogenated alkanes) is 7. The molecule has 0 aliphatic carbocycles. The van der Waals surface area contributed by atoms with E-state index in [2.05, 4.69) is 6.92 Å². The summed E-state index contributed by atoms with van der Waals surface area (Å²) in [5.41, 5.74) is 0. The van der Waals surface area contributed by atoms with Gasteiger partial charge >= 0.3 is 0 Å². The molecule has 1 atom stereocenters. The van der Waals surface area contributed by atoms with Gasteiger partial charge in [0, 0.05) is 6.61 Å². The van der Waals surface area contributed by atoms with E-state index in [9.17, 15) is 9.46 Å². The summed E-state index contributed by atoms with van der Waals surface area (Å²) in [5, 5.41) is 0. The smallest absolute Gasteiger partial charge is 0.268 e. The lowest BCUT2D eigenvalue weighted by Gasteiger charge is -2.27. The van der Waals surface area contributed by atoms with E-state index in [1.165, 1.54) is 44.9 Å². The maximum Gasteiger partial charge on any atom is 0.268 e. The molecule has 0 amide bonds. The molecule has 27 heavy (non-hydrogen) atoms. The summed E-state index contributed by atoms with van der Waals surface area (Å²) in [7, 11) is 1.65. The molecule has 0 aliphatic heterocycles. The van der Waals surface area contributed by atoms with E-state index in [0.29, 0.717) is 24.2 Å². The zero-order valence-electron chi connectivity index (χ0n) is 18.0. The van der Waals surface area contributed by atoms with Crippen LogP contribution in [0.25, 0.3) is 0 Å². The molecule has 1 unspecified atom stereocenters. The first kappa shape index (κ1) is 27.0. The first-order valence-corrected chi connectivity index (χ1v) is 11.8. The fourth-order valence-corrected chi connectivity index (χ4v) is 3.01. The maximum absolute atomic E-state index is 11.5. The SMILES string of the molecule is CCCCCCCCCCOCCOCCOP(=O)([O-])OCC[N+](C)(C)C. The van der Waals surface area contributed by atoms with Gasteiger partial charge in [0.1, 0.15) is 13.2 Å². The summed E-state index contributed by atoms with van der Waals surface area (Å²) in [6.45, 7) is 4.80. The lowest BCUT2D eigenvalue weighted by Crippen LogP contribution is -2.37. The van der Waals surface area contributed by atoms with E-state index in [1.807, 2.05) is 21.1 Å². The van der Waals surface area contributed by atoms with Gasteiger partial charge in [-0.2, -0.15) is 0 Å². The number of hydrogen-bond acceptors (Lipinski definition) is 6. The van der Waals surface area contributed by atoms with Crippen LogP contribution in [0.5, 0.6) is 0 Å². The molecule has 0 rings (SSSR count). The summed E-state index contributed by atoms with van der Waals surface area (Å²) in [6, 6.07) is 0. The van der Waals surface area contributed by atoms with Crippen molar-refractivity contribution in [3.8, 4) is 0 Å². The van der Waals surface area contributed by atoms with Crippen molar-refractivity contribution in [3.05, 3.63) is 0 Å². The second-order valence-electron chi connectivity index (χ2n) is 7.83. The predicted molar refractivity (Wildman–Crippen MR) is 107 cm³/mol. The number of nitrogens with zero attached hydrogens (tertiary/aromatic N) is 1. The normalized spacial score (nSPS) is 14.4. The molecule has 164 valence electrons. The third kappa shape index (κ3) is 22.1. The van der Waals surface area contributed by atoms with Crippen molar-refractivity contribution in [2.45, 2.75) is 58.3 Å². The van der Waals surface area contributed by atoms with Crippen molar-refractivity contribution in [1.29, 1.82) is 0 Å². The molecule has 0 bridgehead atoms. The van der Waals surface area contributed by atoms with E-state index < -0.39 is 7.82 Å². The number of phosphoric ester groups is 1. The van der Waals surface area contributed by atoms with Gasteiger partial charge in [-0.1, -0.05) is 51.9 Å². The number of phosphoric acid groups is 1. The van der Waals surface area contributed by atoms with Gasteiger partial charge in [0.05, 0.1) is 47.6 Å². The van der Waals surface area contributed by atoms with Crippen LogP contribution in [0.15, 0.2) is 0 Å². The third-order valence-corrected chi connectivity index (χ3v) is 5.00. The zero-order valence-corrected chi connectivity index (χ0v) is 18.8. The minimum absolute atomic E-state index is 0.0385. The van der Waals surface area contributed by atoms with Gasteiger partial charge in [0.25, 0.3) is 7.82 Å². The van der Waals surface area contributed by atoms with E-state index in [1.54, 1.807) is 0 Å². The van der Waals surface area contributed by atoms with E-state index in [4.69, 9.17) is 18.5 Å². The molecule has 0 heterocycles. The molecule has 0 radical (unpaired) electrons. The number of rotatable bonds is 20. The van der Waals surface area contributed by atoms with E-state index in [0.717, 1.165) is 13.0 Å². The Morgan fingerprint density at radius 1 is 0.704 bits per heavy atom. The number of likely N-dealkylation sites (N-methyl/N-ethyl adjacent to an activating group) is 1. The minimum atomic E-state index is -4.24. The van der Waals surface area contributed by atoms with Gasteiger partial charge in [0.15, 0.2) is 0 Å². The molecule has 0 saturated carbocycles. The fourth-order valence-electron chi connectivity index (χ4n) is 2.33. The Hall–Kier alpha value is -0.0100. The number of quaternary nitrogens is 1. The van der Waals surface area contributed by atoms with Crippen LogP contribution < -0.4 is 4.89 Å². The second kappa shape index (κ2) is 16.9. The van der Waals surface area contributed by atoms with Crippen LogP contribution in [-0.4, -0.2) is 71.8 Å². The van der Waals surface area contributed by atoms with Crippen molar-refractivity contribution < 1.29 is 32.5 Å². The Balaban J connectivity index is 3.31. The van der Waals surface area contributed by atoms with Crippen molar-refractivity contribution in [3.63, 3.8) is 0 Å². The fraction of sp³-hybridized carbons (Fsp3) is 1.00. The molecule has 0 spiro atoms. The number of hydrogen-bond donors (Lipinski definition) is 0. The first-order chi connectivity index (χ1) is 12.8.